The van der Waals surface area contributed by atoms with E-state index in [4.69, 9.17) is 16.3 Å². The summed E-state index contributed by atoms with van der Waals surface area (Å²) in [6, 6.07) is 9.70. The molecule has 0 radical (unpaired) electrons. The number of benzene rings is 1. The Hall–Kier alpha value is -3.07. The van der Waals surface area contributed by atoms with Gasteiger partial charge in [0.25, 0.3) is 5.91 Å². The number of carbonyl (C=O) groups is 2. The van der Waals surface area contributed by atoms with Gasteiger partial charge >= 0.3 is 6.09 Å². The lowest BCUT2D eigenvalue weighted by Gasteiger charge is -2.21. The molecule has 0 spiro atoms. The molecule has 0 saturated carbocycles. The average Bonchev–Trinajstić information content (AvgIpc) is 2.59. The first-order valence-electron chi connectivity index (χ1n) is 8.54. The molecule has 1 unspecified atom stereocenters. The largest absolute Gasteiger partial charge is 0.444 e. The van der Waals surface area contributed by atoms with E-state index in [-0.39, 0.29) is 0 Å². The van der Waals surface area contributed by atoms with Crippen molar-refractivity contribution in [1.82, 2.24) is 20.9 Å². The van der Waals surface area contributed by atoms with Gasteiger partial charge < -0.3 is 15.4 Å². The lowest BCUT2D eigenvalue weighted by Crippen LogP contribution is -2.48. The molecule has 2 aromatic rings. The van der Waals surface area contributed by atoms with E-state index in [1.807, 2.05) is 12.1 Å². The molecular formula is C18H23ClN6O3. The predicted molar refractivity (Wildman–Crippen MR) is 107 cm³/mol. The van der Waals surface area contributed by atoms with Gasteiger partial charge in [0, 0.05) is 10.7 Å². The zero-order valence-electron chi connectivity index (χ0n) is 16.0. The highest BCUT2D eigenvalue weighted by Crippen LogP contribution is 2.18. The fraction of sp³-hybridized carbons (Fsp3) is 0.333. The van der Waals surface area contributed by atoms with Crippen LogP contribution < -0.4 is 21.5 Å². The summed E-state index contributed by atoms with van der Waals surface area (Å²) in [5.41, 5.74) is 5.21. The summed E-state index contributed by atoms with van der Waals surface area (Å²) < 4.78 is 5.10. The first kappa shape index (κ1) is 21.2. The number of rotatable bonds is 6. The minimum Gasteiger partial charge on any atom is -0.444 e. The number of nitrogens with one attached hydrogen (secondary N) is 4. The summed E-state index contributed by atoms with van der Waals surface area (Å²) in [6.07, 6.45) is -0.675. The first-order chi connectivity index (χ1) is 13.1. The van der Waals surface area contributed by atoms with E-state index >= 15 is 0 Å². The van der Waals surface area contributed by atoms with Crippen LogP contribution in [0.5, 0.6) is 0 Å². The molecule has 1 atom stereocenters. The summed E-state index contributed by atoms with van der Waals surface area (Å²) in [6.45, 7) is 6.75. The monoisotopic (exact) mass is 406 g/mol. The summed E-state index contributed by atoms with van der Waals surface area (Å²) in [5, 5.41) is 14.1. The Balaban J connectivity index is 1.82. The van der Waals surface area contributed by atoms with E-state index in [1.165, 1.54) is 6.92 Å². The fourth-order valence-corrected chi connectivity index (χ4v) is 2.15. The van der Waals surface area contributed by atoms with Crippen molar-refractivity contribution >= 4 is 40.9 Å². The molecule has 0 saturated heterocycles. The number of alkyl carbamates (subject to hydrolysis) is 1. The summed E-state index contributed by atoms with van der Waals surface area (Å²) in [7, 11) is 0. The first-order valence-corrected chi connectivity index (χ1v) is 8.92. The molecule has 10 heteroatoms. The summed E-state index contributed by atoms with van der Waals surface area (Å²) in [5.74, 6) is 0.377. The normalized spacial score (nSPS) is 11.9. The van der Waals surface area contributed by atoms with Crippen molar-refractivity contribution in [2.45, 2.75) is 39.3 Å². The van der Waals surface area contributed by atoms with Crippen molar-refractivity contribution in [2.24, 2.45) is 0 Å². The quantitative estimate of drug-likeness (QED) is 0.544. The van der Waals surface area contributed by atoms with Crippen LogP contribution in [0.3, 0.4) is 0 Å². The molecule has 9 nitrogen and oxygen atoms in total. The highest BCUT2D eigenvalue weighted by Gasteiger charge is 2.20. The van der Waals surface area contributed by atoms with Crippen molar-refractivity contribution in [3.8, 4) is 0 Å². The Morgan fingerprint density at radius 3 is 2.39 bits per heavy atom. The van der Waals surface area contributed by atoms with Crippen LogP contribution in [0.1, 0.15) is 27.7 Å². The molecule has 1 aromatic carbocycles. The number of hydrogen-bond acceptors (Lipinski definition) is 7. The third kappa shape index (κ3) is 7.28. The molecule has 0 fully saturated rings. The van der Waals surface area contributed by atoms with Crippen LogP contribution in [0.15, 0.2) is 36.4 Å². The molecule has 0 aliphatic carbocycles. The molecule has 1 aromatic heterocycles. The molecule has 0 aliphatic rings. The van der Waals surface area contributed by atoms with E-state index in [1.54, 1.807) is 45.0 Å². The minimum absolute atomic E-state index is 0.328. The third-order valence-corrected chi connectivity index (χ3v) is 3.44. The van der Waals surface area contributed by atoms with Gasteiger partial charge in [0.15, 0.2) is 11.6 Å². The second kappa shape index (κ2) is 9.23. The topological polar surface area (TPSA) is 117 Å². The molecule has 1 heterocycles. The zero-order valence-corrected chi connectivity index (χ0v) is 16.8. The lowest BCUT2D eigenvalue weighted by molar-refractivity contribution is -0.122. The van der Waals surface area contributed by atoms with Gasteiger partial charge in [-0.1, -0.05) is 17.7 Å². The Morgan fingerprint density at radius 2 is 1.79 bits per heavy atom. The van der Waals surface area contributed by atoms with Gasteiger partial charge in [-0.25, -0.2) is 4.79 Å². The Kier molecular flexibility index (Phi) is 7.00. The lowest BCUT2D eigenvalue weighted by atomic mass is 10.2. The third-order valence-electron chi connectivity index (χ3n) is 3.20. The van der Waals surface area contributed by atoms with E-state index < -0.39 is 23.6 Å². The van der Waals surface area contributed by atoms with Gasteiger partial charge in [-0.15, -0.1) is 10.2 Å². The van der Waals surface area contributed by atoms with Crippen LogP contribution in [-0.4, -0.2) is 33.8 Å². The van der Waals surface area contributed by atoms with E-state index in [0.717, 1.165) is 5.69 Å². The van der Waals surface area contributed by atoms with Gasteiger partial charge in [0.05, 0.1) is 0 Å². The second-order valence-corrected chi connectivity index (χ2v) is 7.36. The molecule has 28 heavy (non-hydrogen) atoms. The maximum Gasteiger partial charge on any atom is 0.408 e. The fourth-order valence-electron chi connectivity index (χ4n) is 1.96. The van der Waals surface area contributed by atoms with Crippen molar-refractivity contribution in [1.29, 1.82) is 0 Å². The Bertz CT molecular complexity index is 823. The zero-order chi connectivity index (χ0) is 20.7. The average molecular weight is 407 g/mol. The van der Waals surface area contributed by atoms with E-state index in [9.17, 15) is 9.59 Å². The van der Waals surface area contributed by atoms with Gasteiger partial charge in [0.2, 0.25) is 0 Å². The number of nitrogens with zero attached hydrogens (tertiary/aromatic N) is 2. The van der Waals surface area contributed by atoms with Gasteiger partial charge in [-0.2, -0.15) is 0 Å². The number of hydrogen-bond donors (Lipinski definition) is 4. The van der Waals surface area contributed by atoms with Gasteiger partial charge in [-0.3, -0.25) is 15.6 Å². The van der Waals surface area contributed by atoms with Crippen LogP contribution in [0, 0.1) is 0 Å². The molecule has 2 amide bonds. The van der Waals surface area contributed by atoms with Crippen LogP contribution >= 0.6 is 11.6 Å². The highest BCUT2D eigenvalue weighted by molar-refractivity contribution is 6.30. The smallest absolute Gasteiger partial charge is 0.408 e. The Morgan fingerprint density at radius 1 is 1.11 bits per heavy atom. The van der Waals surface area contributed by atoms with Crippen LogP contribution in [-0.2, 0) is 9.53 Å². The molecule has 2 rings (SSSR count). The van der Waals surface area contributed by atoms with Crippen molar-refractivity contribution in [3.05, 3.63) is 41.4 Å². The van der Waals surface area contributed by atoms with Gasteiger partial charge in [0.1, 0.15) is 11.6 Å². The molecular weight excluding hydrogens is 384 g/mol. The molecule has 0 bridgehead atoms. The number of anilines is 3. The van der Waals surface area contributed by atoms with Crippen molar-refractivity contribution < 1.29 is 14.3 Å². The van der Waals surface area contributed by atoms with E-state index in [0.29, 0.717) is 16.7 Å². The maximum atomic E-state index is 12.0. The van der Waals surface area contributed by atoms with Crippen LogP contribution in [0.25, 0.3) is 0 Å². The standard InChI is InChI=1S/C18H23ClN6O3/c1-11(20-17(27)28-18(2,3)4)16(26)25-24-15-9-8-14(22-23-15)21-13-7-5-6-12(19)10-13/h5-11H,1-4H3,(H,20,27)(H,21,22)(H,23,24)(H,25,26). The van der Waals surface area contributed by atoms with Crippen molar-refractivity contribution in [3.63, 3.8) is 0 Å². The van der Waals surface area contributed by atoms with E-state index in [2.05, 4.69) is 31.7 Å². The number of aromatic nitrogens is 2. The number of halogens is 1. The van der Waals surface area contributed by atoms with Gasteiger partial charge in [-0.05, 0) is 58.0 Å². The molecule has 150 valence electrons. The number of ether oxygens (including phenoxy) is 1. The molecule has 4 N–H and O–H groups in total. The number of hydrazine groups is 1. The van der Waals surface area contributed by atoms with Crippen LogP contribution in [0.4, 0.5) is 22.1 Å². The maximum absolute atomic E-state index is 12.0. The van der Waals surface area contributed by atoms with Crippen molar-refractivity contribution in [2.75, 3.05) is 10.7 Å². The summed E-state index contributed by atoms with van der Waals surface area (Å²) in [4.78, 5) is 23.7. The number of carbonyl (C=O) groups excluding carboxylic acids is 2. The summed E-state index contributed by atoms with van der Waals surface area (Å²) >= 11 is 5.94. The SMILES string of the molecule is CC(NC(=O)OC(C)(C)C)C(=O)NNc1ccc(Nc2cccc(Cl)c2)nn1. The molecule has 0 aliphatic heterocycles. The predicted octanol–water partition coefficient (Wildman–Crippen LogP) is 3.23. The van der Waals surface area contributed by atoms with Crippen LogP contribution in [0.2, 0.25) is 5.02 Å². The Labute approximate surface area is 168 Å². The number of amides is 2. The minimum atomic E-state index is -0.806. The second-order valence-electron chi connectivity index (χ2n) is 6.92. The highest BCUT2D eigenvalue weighted by atomic mass is 35.5.